The van der Waals surface area contributed by atoms with E-state index in [1.54, 1.807) is 13.8 Å². The van der Waals surface area contributed by atoms with E-state index in [2.05, 4.69) is 6.58 Å². The van der Waals surface area contributed by atoms with Gasteiger partial charge in [-0.1, -0.05) is 6.58 Å². The summed E-state index contributed by atoms with van der Waals surface area (Å²) in [6, 6.07) is 0. The molecule has 0 aromatic rings. The Bertz CT molecular complexity index is 187. The molecule has 0 heterocycles. The Morgan fingerprint density at radius 2 is 1.90 bits per heavy atom. The second-order valence-corrected chi connectivity index (χ2v) is 1.99. The van der Waals surface area contributed by atoms with Gasteiger partial charge in [0, 0.05) is 0 Å². The van der Waals surface area contributed by atoms with Crippen molar-refractivity contribution < 1.29 is 10.2 Å². The summed E-state index contributed by atoms with van der Waals surface area (Å²) in [7, 11) is 0. The summed E-state index contributed by atoms with van der Waals surface area (Å²) in [5.74, 6) is 0.112. The molecule has 0 bridgehead atoms. The zero-order valence-corrected chi connectivity index (χ0v) is 6.26. The second-order valence-electron chi connectivity index (χ2n) is 1.99. The predicted molar refractivity (Wildman–Crippen MR) is 41.9 cm³/mol. The van der Waals surface area contributed by atoms with E-state index in [0.717, 1.165) is 0 Å². The van der Waals surface area contributed by atoms with Crippen molar-refractivity contribution in [1.82, 2.24) is 0 Å². The Kier molecular flexibility index (Phi) is 3.33. The maximum absolute atomic E-state index is 8.91. The van der Waals surface area contributed by atoms with E-state index in [-0.39, 0.29) is 11.5 Å². The molecule has 0 aliphatic carbocycles. The molecule has 0 amide bonds. The third-order valence-electron chi connectivity index (χ3n) is 1.12. The number of allylic oxidation sites excluding steroid dienone is 3. The van der Waals surface area contributed by atoms with Crippen LogP contribution < -0.4 is 0 Å². The van der Waals surface area contributed by atoms with Crippen LogP contribution in [0.4, 0.5) is 0 Å². The predicted octanol–water partition coefficient (Wildman–Crippen LogP) is 2.47. The Morgan fingerprint density at radius 3 is 2.20 bits per heavy atom. The maximum atomic E-state index is 8.91. The summed E-state index contributed by atoms with van der Waals surface area (Å²) in [6.07, 6.45) is 2.98. The van der Waals surface area contributed by atoms with Crippen LogP contribution in [-0.4, -0.2) is 10.2 Å². The van der Waals surface area contributed by atoms with Crippen LogP contribution in [0.2, 0.25) is 0 Å². The molecule has 2 nitrogen and oxygen atoms in total. The van der Waals surface area contributed by atoms with Gasteiger partial charge in [-0.25, -0.2) is 0 Å². The molecule has 0 radical (unpaired) electrons. The van der Waals surface area contributed by atoms with Gasteiger partial charge in [-0.15, -0.1) is 0 Å². The van der Waals surface area contributed by atoms with Crippen LogP contribution >= 0.6 is 0 Å². The number of rotatable bonds is 2. The minimum absolute atomic E-state index is 0.0200. The summed E-state index contributed by atoms with van der Waals surface area (Å²) in [4.78, 5) is 0. The minimum Gasteiger partial charge on any atom is -0.508 e. The summed E-state index contributed by atoms with van der Waals surface area (Å²) in [6.45, 7) is 6.67. The summed E-state index contributed by atoms with van der Waals surface area (Å²) in [5.41, 5.74) is 0.565. The molecule has 0 unspecified atom stereocenters. The molecule has 0 aliphatic rings. The lowest BCUT2D eigenvalue weighted by Gasteiger charge is -1.95. The molecule has 0 saturated carbocycles. The van der Waals surface area contributed by atoms with Gasteiger partial charge in [-0.3, -0.25) is 0 Å². The Labute approximate surface area is 60.8 Å². The van der Waals surface area contributed by atoms with Gasteiger partial charge in [0.1, 0.15) is 11.5 Å². The van der Waals surface area contributed by atoms with Crippen molar-refractivity contribution >= 4 is 0 Å². The normalized spacial score (nSPS) is 13.4. The van der Waals surface area contributed by atoms with Gasteiger partial charge in [0.2, 0.25) is 0 Å². The van der Waals surface area contributed by atoms with E-state index in [9.17, 15) is 0 Å². The molecule has 0 aromatic carbocycles. The molecule has 0 saturated heterocycles. The van der Waals surface area contributed by atoms with Crippen LogP contribution in [0.15, 0.2) is 35.8 Å². The third kappa shape index (κ3) is 2.97. The van der Waals surface area contributed by atoms with Crippen LogP contribution in [0.25, 0.3) is 0 Å². The Balaban J connectivity index is 4.31. The lowest BCUT2D eigenvalue weighted by molar-refractivity contribution is 0.416. The van der Waals surface area contributed by atoms with E-state index in [1.165, 1.54) is 12.2 Å². The van der Waals surface area contributed by atoms with Crippen molar-refractivity contribution in [2.24, 2.45) is 0 Å². The van der Waals surface area contributed by atoms with Crippen molar-refractivity contribution in [1.29, 1.82) is 0 Å². The molecule has 56 valence electrons. The fourth-order valence-corrected chi connectivity index (χ4v) is 0.388. The molecule has 2 N–H and O–H groups in total. The summed E-state index contributed by atoms with van der Waals surface area (Å²) in [5, 5.41) is 17.7. The average Bonchev–Trinajstić information content (AvgIpc) is 1.87. The van der Waals surface area contributed by atoms with Gasteiger partial charge in [-0.05, 0) is 31.6 Å². The SMILES string of the molecule is C=C(O)/C(C)=C\C(O)=C/C. The molecule has 0 spiro atoms. The lowest BCUT2D eigenvalue weighted by Crippen LogP contribution is -1.82. The highest BCUT2D eigenvalue weighted by molar-refractivity contribution is 5.26. The monoisotopic (exact) mass is 140 g/mol. The van der Waals surface area contributed by atoms with Crippen LogP contribution in [-0.2, 0) is 0 Å². The molecular weight excluding hydrogens is 128 g/mol. The standard InChI is InChI=1S/C8H12O2/c1-4-8(10)5-6(2)7(3)9/h4-5,9-10H,3H2,1-2H3/b6-5-,8-4+. The first kappa shape index (κ1) is 8.82. The van der Waals surface area contributed by atoms with Gasteiger partial charge in [0.15, 0.2) is 0 Å². The fraction of sp³-hybridized carbons (Fsp3) is 0.250. The second kappa shape index (κ2) is 3.77. The van der Waals surface area contributed by atoms with Gasteiger partial charge < -0.3 is 10.2 Å². The van der Waals surface area contributed by atoms with Crippen LogP contribution in [0.3, 0.4) is 0 Å². The number of aliphatic hydroxyl groups is 2. The highest BCUT2D eigenvalue weighted by Gasteiger charge is 1.92. The summed E-state index contributed by atoms with van der Waals surface area (Å²) >= 11 is 0. The van der Waals surface area contributed by atoms with Crippen molar-refractivity contribution in [3.05, 3.63) is 35.8 Å². The molecular formula is C8H12O2. The lowest BCUT2D eigenvalue weighted by atomic mass is 10.2. The first-order valence-corrected chi connectivity index (χ1v) is 2.99. The molecule has 2 heteroatoms. The summed E-state index contributed by atoms with van der Waals surface area (Å²) < 4.78 is 0. The third-order valence-corrected chi connectivity index (χ3v) is 1.12. The molecule has 0 aliphatic heterocycles. The van der Waals surface area contributed by atoms with E-state index in [0.29, 0.717) is 5.57 Å². The Hall–Kier alpha value is -1.18. The fourth-order valence-electron chi connectivity index (χ4n) is 0.388. The minimum atomic E-state index is -0.0200. The van der Waals surface area contributed by atoms with Gasteiger partial charge in [0.25, 0.3) is 0 Å². The first-order chi connectivity index (χ1) is 4.57. The molecule has 0 aromatic heterocycles. The van der Waals surface area contributed by atoms with Gasteiger partial charge in [0.05, 0.1) is 0 Å². The largest absolute Gasteiger partial charge is 0.508 e. The molecule has 10 heavy (non-hydrogen) atoms. The van der Waals surface area contributed by atoms with Crippen LogP contribution in [0.1, 0.15) is 13.8 Å². The quantitative estimate of drug-likeness (QED) is 0.457. The highest BCUT2D eigenvalue weighted by Crippen LogP contribution is 2.05. The number of hydrogen-bond acceptors (Lipinski definition) is 2. The van der Waals surface area contributed by atoms with Gasteiger partial charge in [-0.2, -0.15) is 0 Å². The zero-order chi connectivity index (χ0) is 8.15. The van der Waals surface area contributed by atoms with Gasteiger partial charge >= 0.3 is 0 Å². The van der Waals surface area contributed by atoms with Crippen LogP contribution in [0, 0.1) is 0 Å². The van der Waals surface area contributed by atoms with E-state index >= 15 is 0 Å². The molecule has 0 fully saturated rings. The Morgan fingerprint density at radius 1 is 1.40 bits per heavy atom. The van der Waals surface area contributed by atoms with Crippen molar-refractivity contribution in [3.63, 3.8) is 0 Å². The highest BCUT2D eigenvalue weighted by atomic mass is 16.3. The topological polar surface area (TPSA) is 40.5 Å². The molecule has 0 atom stereocenters. The molecule has 0 rings (SSSR count). The number of aliphatic hydroxyl groups excluding tert-OH is 2. The van der Waals surface area contributed by atoms with Crippen LogP contribution in [0.5, 0.6) is 0 Å². The van der Waals surface area contributed by atoms with E-state index < -0.39 is 0 Å². The number of hydrogen-bond donors (Lipinski definition) is 2. The zero-order valence-electron chi connectivity index (χ0n) is 6.26. The van der Waals surface area contributed by atoms with Crippen molar-refractivity contribution in [3.8, 4) is 0 Å². The maximum Gasteiger partial charge on any atom is 0.111 e. The van der Waals surface area contributed by atoms with Crippen molar-refractivity contribution in [2.45, 2.75) is 13.8 Å². The van der Waals surface area contributed by atoms with E-state index in [4.69, 9.17) is 10.2 Å². The first-order valence-electron chi connectivity index (χ1n) is 2.99. The average molecular weight is 140 g/mol. The smallest absolute Gasteiger partial charge is 0.111 e. The van der Waals surface area contributed by atoms with Crippen molar-refractivity contribution in [2.75, 3.05) is 0 Å². The van der Waals surface area contributed by atoms with E-state index in [1.807, 2.05) is 0 Å².